The summed E-state index contributed by atoms with van der Waals surface area (Å²) in [6.07, 6.45) is 2.16. The molecule has 2 aliphatic heterocycles. The third-order valence-corrected chi connectivity index (χ3v) is 5.26. The molecule has 142 valence electrons. The van der Waals surface area contributed by atoms with Crippen molar-refractivity contribution in [1.29, 1.82) is 0 Å². The molecule has 6 heteroatoms. The van der Waals surface area contributed by atoms with Crippen molar-refractivity contribution in [2.45, 2.75) is 25.8 Å². The SMILES string of the molecule is C[C@H]1Cc2ccccc2N1CCCNC(=S)Nc1ccc2c(c1)OCCO2. The monoisotopic (exact) mass is 383 g/mol. The van der Waals surface area contributed by atoms with Crippen LogP contribution in [0.3, 0.4) is 0 Å². The predicted molar refractivity (Wildman–Crippen MR) is 113 cm³/mol. The summed E-state index contributed by atoms with van der Waals surface area (Å²) >= 11 is 5.42. The molecular formula is C21H25N3O2S. The maximum absolute atomic E-state index is 5.61. The molecule has 0 unspecified atom stereocenters. The highest BCUT2D eigenvalue weighted by Crippen LogP contribution is 2.33. The van der Waals surface area contributed by atoms with Gasteiger partial charge in [0.25, 0.3) is 0 Å². The van der Waals surface area contributed by atoms with Crippen molar-refractivity contribution in [3.63, 3.8) is 0 Å². The van der Waals surface area contributed by atoms with E-state index in [2.05, 4.69) is 46.7 Å². The van der Waals surface area contributed by atoms with Crippen molar-refractivity contribution < 1.29 is 9.47 Å². The topological polar surface area (TPSA) is 45.8 Å². The summed E-state index contributed by atoms with van der Waals surface area (Å²) in [4.78, 5) is 2.49. The maximum Gasteiger partial charge on any atom is 0.170 e. The van der Waals surface area contributed by atoms with Gasteiger partial charge in [-0.2, -0.15) is 0 Å². The number of rotatable bonds is 5. The Kier molecular flexibility index (Phi) is 5.34. The van der Waals surface area contributed by atoms with E-state index in [1.165, 1.54) is 11.3 Å². The highest BCUT2D eigenvalue weighted by molar-refractivity contribution is 7.80. The number of fused-ring (bicyclic) bond motifs is 2. The molecule has 0 aromatic heterocycles. The molecule has 27 heavy (non-hydrogen) atoms. The van der Waals surface area contributed by atoms with Crippen LogP contribution < -0.4 is 25.0 Å². The zero-order valence-electron chi connectivity index (χ0n) is 15.5. The number of thiocarbonyl (C=S) groups is 1. The lowest BCUT2D eigenvalue weighted by Crippen LogP contribution is -2.34. The summed E-state index contributed by atoms with van der Waals surface area (Å²) in [7, 11) is 0. The molecule has 0 saturated carbocycles. The summed E-state index contributed by atoms with van der Waals surface area (Å²) in [5.74, 6) is 1.54. The number of hydrogen-bond donors (Lipinski definition) is 2. The number of benzene rings is 2. The van der Waals surface area contributed by atoms with Crippen LogP contribution >= 0.6 is 12.2 Å². The molecule has 5 nitrogen and oxygen atoms in total. The lowest BCUT2D eigenvalue weighted by molar-refractivity contribution is 0.171. The largest absolute Gasteiger partial charge is 0.486 e. The van der Waals surface area contributed by atoms with Gasteiger partial charge >= 0.3 is 0 Å². The van der Waals surface area contributed by atoms with Gasteiger partial charge in [0.05, 0.1) is 0 Å². The minimum Gasteiger partial charge on any atom is -0.486 e. The lowest BCUT2D eigenvalue weighted by Gasteiger charge is -2.25. The molecule has 2 aromatic rings. The Morgan fingerprint density at radius 2 is 1.96 bits per heavy atom. The fourth-order valence-corrected chi connectivity index (χ4v) is 3.94. The Balaban J connectivity index is 1.23. The van der Waals surface area contributed by atoms with Crippen LogP contribution in [0.2, 0.25) is 0 Å². The average Bonchev–Trinajstić information content (AvgIpc) is 3.00. The van der Waals surface area contributed by atoms with E-state index in [0.717, 1.165) is 43.1 Å². The maximum atomic E-state index is 5.61. The van der Waals surface area contributed by atoms with Crippen LogP contribution in [0.25, 0.3) is 0 Å². The second-order valence-electron chi connectivity index (χ2n) is 6.97. The number of anilines is 2. The third-order valence-electron chi connectivity index (χ3n) is 5.01. The van der Waals surface area contributed by atoms with Crippen molar-refractivity contribution in [2.24, 2.45) is 0 Å². The van der Waals surface area contributed by atoms with Gasteiger partial charge in [-0.05, 0) is 55.7 Å². The Morgan fingerprint density at radius 3 is 2.85 bits per heavy atom. The molecule has 2 aromatic carbocycles. The van der Waals surface area contributed by atoms with Crippen molar-refractivity contribution in [1.82, 2.24) is 5.32 Å². The first-order valence-corrected chi connectivity index (χ1v) is 9.90. The summed E-state index contributed by atoms with van der Waals surface area (Å²) < 4.78 is 11.1. The molecule has 0 bridgehead atoms. The van der Waals surface area contributed by atoms with Crippen LogP contribution in [0.1, 0.15) is 18.9 Å². The minimum absolute atomic E-state index is 0.560. The van der Waals surface area contributed by atoms with Gasteiger partial charge in [-0.3, -0.25) is 0 Å². The minimum atomic E-state index is 0.560. The molecule has 0 aliphatic carbocycles. The van der Waals surface area contributed by atoms with Crippen LogP contribution in [0, 0.1) is 0 Å². The van der Waals surface area contributed by atoms with Crippen molar-refractivity contribution in [2.75, 3.05) is 36.5 Å². The molecule has 2 N–H and O–H groups in total. The molecule has 1 atom stereocenters. The van der Waals surface area contributed by atoms with Gasteiger partial charge < -0.3 is 25.0 Å². The molecule has 0 radical (unpaired) electrons. The molecule has 0 fully saturated rings. The first-order valence-electron chi connectivity index (χ1n) is 9.50. The zero-order valence-corrected chi connectivity index (χ0v) is 16.3. The van der Waals surface area contributed by atoms with Gasteiger partial charge in [-0.1, -0.05) is 18.2 Å². The highest BCUT2D eigenvalue weighted by Gasteiger charge is 2.24. The van der Waals surface area contributed by atoms with E-state index in [1.54, 1.807) is 0 Å². The zero-order chi connectivity index (χ0) is 18.6. The number of para-hydroxylation sites is 1. The molecule has 0 amide bonds. The quantitative estimate of drug-likeness (QED) is 0.608. The number of hydrogen-bond acceptors (Lipinski definition) is 4. The van der Waals surface area contributed by atoms with E-state index in [4.69, 9.17) is 21.7 Å². The van der Waals surface area contributed by atoms with Gasteiger partial charge in [0.15, 0.2) is 16.6 Å². The lowest BCUT2D eigenvalue weighted by atomic mass is 10.1. The van der Waals surface area contributed by atoms with Crippen molar-refractivity contribution >= 4 is 28.7 Å². The van der Waals surface area contributed by atoms with Crippen LogP contribution in [0.5, 0.6) is 11.5 Å². The van der Waals surface area contributed by atoms with Crippen LogP contribution in [0.15, 0.2) is 42.5 Å². The molecular weight excluding hydrogens is 358 g/mol. The normalized spacial score (nSPS) is 17.4. The third kappa shape index (κ3) is 4.11. The smallest absolute Gasteiger partial charge is 0.170 e. The Labute approximate surface area is 165 Å². The van der Waals surface area contributed by atoms with Crippen LogP contribution in [0.4, 0.5) is 11.4 Å². The Bertz CT molecular complexity index is 827. The molecule has 2 aliphatic rings. The summed E-state index contributed by atoms with van der Waals surface area (Å²) in [6, 6.07) is 15.0. The van der Waals surface area contributed by atoms with Crippen molar-refractivity contribution in [3.8, 4) is 11.5 Å². The van der Waals surface area contributed by atoms with E-state index >= 15 is 0 Å². The molecule has 4 rings (SSSR count). The molecule has 0 saturated heterocycles. The Hall–Kier alpha value is -2.47. The van der Waals surface area contributed by atoms with Gasteiger partial charge in [0.2, 0.25) is 0 Å². The summed E-state index contributed by atoms with van der Waals surface area (Å²) in [5, 5.41) is 7.14. The fourth-order valence-electron chi connectivity index (χ4n) is 3.72. The number of nitrogens with zero attached hydrogens (tertiary/aromatic N) is 1. The average molecular weight is 384 g/mol. The molecule has 2 heterocycles. The first-order chi connectivity index (χ1) is 13.2. The van der Waals surface area contributed by atoms with E-state index in [1.807, 2.05) is 18.2 Å². The summed E-state index contributed by atoms with van der Waals surface area (Å²) in [5.41, 5.74) is 3.73. The van der Waals surface area contributed by atoms with Gasteiger partial charge in [-0.25, -0.2) is 0 Å². The predicted octanol–water partition coefficient (Wildman–Crippen LogP) is 3.59. The first kappa shape index (κ1) is 17.9. The fraction of sp³-hybridized carbons (Fsp3) is 0.381. The van der Waals surface area contributed by atoms with E-state index in [0.29, 0.717) is 24.4 Å². The van der Waals surface area contributed by atoms with Crippen LogP contribution in [-0.2, 0) is 6.42 Å². The summed E-state index contributed by atoms with van der Waals surface area (Å²) in [6.45, 7) is 5.33. The Morgan fingerprint density at radius 1 is 1.15 bits per heavy atom. The van der Waals surface area contributed by atoms with E-state index in [9.17, 15) is 0 Å². The number of ether oxygens (including phenoxy) is 2. The van der Waals surface area contributed by atoms with E-state index in [-0.39, 0.29) is 0 Å². The van der Waals surface area contributed by atoms with Crippen LogP contribution in [-0.4, -0.2) is 37.5 Å². The highest BCUT2D eigenvalue weighted by atomic mass is 32.1. The standard InChI is InChI=1S/C21H25N3O2S/c1-15-13-16-5-2-3-6-18(16)24(15)10-4-9-22-21(27)23-17-7-8-19-20(14-17)26-12-11-25-19/h2-3,5-8,14-15H,4,9-13H2,1H3,(H2,22,23,27)/t15-/m0/s1. The number of nitrogens with one attached hydrogen (secondary N) is 2. The van der Waals surface area contributed by atoms with Gasteiger partial charge in [0.1, 0.15) is 13.2 Å². The van der Waals surface area contributed by atoms with E-state index < -0.39 is 0 Å². The second kappa shape index (κ2) is 8.05. The molecule has 0 spiro atoms. The van der Waals surface area contributed by atoms with Gasteiger partial charge in [0, 0.05) is 36.6 Å². The van der Waals surface area contributed by atoms with Gasteiger partial charge in [-0.15, -0.1) is 0 Å². The second-order valence-corrected chi connectivity index (χ2v) is 7.38. The van der Waals surface area contributed by atoms with Crippen molar-refractivity contribution in [3.05, 3.63) is 48.0 Å².